The zero-order chi connectivity index (χ0) is 23.1. The lowest BCUT2D eigenvalue weighted by atomic mass is 10.2. The van der Waals surface area contributed by atoms with E-state index in [0.29, 0.717) is 27.5 Å². The van der Waals surface area contributed by atoms with Gasteiger partial charge in [0.05, 0.1) is 23.6 Å². The third-order valence-electron chi connectivity index (χ3n) is 4.47. The quantitative estimate of drug-likeness (QED) is 0.353. The van der Waals surface area contributed by atoms with Gasteiger partial charge in [-0.1, -0.05) is 29.8 Å². The number of esters is 1. The fourth-order valence-corrected chi connectivity index (χ4v) is 3.88. The number of methoxy groups -OCH3 is 1. The molecule has 0 aliphatic carbocycles. The Labute approximate surface area is 195 Å². The minimum absolute atomic E-state index is 0.246. The minimum Gasteiger partial charge on any atom is -0.465 e. The van der Waals surface area contributed by atoms with Crippen LogP contribution in [0.3, 0.4) is 0 Å². The molecule has 32 heavy (non-hydrogen) atoms. The van der Waals surface area contributed by atoms with Gasteiger partial charge in [-0.2, -0.15) is 0 Å². The molecule has 0 aliphatic rings. The number of carbonyl (C=O) groups excluding carboxylic acids is 3. The van der Waals surface area contributed by atoms with E-state index in [2.05, 4.69) is 10.6 Å². The lowest BCUT2D eigenvalue weighted by Gasteiger charge is -2.14. The van der Waals surface area contributed by atoms with Crippen molar-refractivity contribution in [2.24, 2.45) is 0 Å². The molecule has 2 amide bonds. The first-order valence-corrected chi connectivity index (χ1v) is 10.9. The van der Waals surface area contributed by atoms with Crippen molar-refractivity contribution < 1.29 is 19.1 Å². The van der Waals surface area contributed by atoms with Crippen LogP contribution < -0.4 is 10.6 Å². The van der Waals surface area contributed by atoms with Crippen LogP contribution in [0.1, 0.15) is 27.6 Å². The van der Waals surface area contributed by atoms with Crippen molar-refractivity contribution in [2.75, 3.05) is 17.7 Å². The molecule has 2 N–H and O–H groups in total. The normalized spacial score (nSPS) is 11.3. The second-order valence-corrected chi connectivity index (χ2v) is 8.63. The Bertz CT molecular complexity index is 1130. The summed E-state index contributed by atoms with van der Waals surface area (Å²) in [5.74, 6) is -1.02. The third kappa shape index (κ3) is 6.12. The molecule has 0 saturated heterocycles. The summed E-state index contributed by atoms with van der Waals surface area (Å²) < 4.78 is 4.76. The second kappa shape index (κ2) is 10.8. The number of rotatable bonds is 7. The van der Waals surface area contributed by atoms with Gasteiger partial charge in [0, 0.05) is 21.2 Å². The van der Waals surface area contributed by atoms with Crippen molar-refractivity contribution in [3.05, 3.63) is 88.9 Å². The minimum atomic E-state index is -0.517. The molecule has 1 unspecified atom stereocenters. The third-order valence-corrected chi connectivity index (χ3v) is 5.82. The maximum atomic E-state index is 12.6. The number of para-hydroxylation sites is 1. The summed E-state index contributed by atoms with van der Waals surface area (Å²) in [6, 6.07) is 20.6. The second-order valence-electron chi connectivity index (χ2n) is 6.78. The van der Waals surface area contributed by atoms with E-state index in [-0.39, 0.29) is 11.8 Å². The van der Waals surface area contributed by atoms with Gasteiger partial charge in [-0.3, -0.25) is 9.59 Å². The largest absolute Gasteiger partial charge is 0.465 e. The van der Waals surface area contributed by atoms with Gasteiger partial charge in [-0.05, 0) is 61.5 Å². The fraction of sp³-hybridized carbons (Fsp3) is 0.125. The number of thioether (sulfide) groups is 1. The van der Waals surface area contributed by atoms with Crippen LogP contribution in [0.5, 0.6) is 0 Å². The van der Waals surface area contributed by atoms with E-state index in [1.807, 2.05) is 12.1 Å². The van der Waals surface area contributed by atoms with Gasteiger partial charge in [-0.25, -0.2) is 4.79 Å². The molecule has 164 valence electrons. The van der Waals surface area contributed by atoms with E-state index < -0.39 is 11.2 Å². The summed E-state index contributed by atoms with van der Waals surface area (Å²) >= 11 is 7.29. The first-order chi connectivity index (χ1) is 15.4. The number of anilines is 2. The molecule has 3 aromatic carbocycles. The monoisotopic (exact) mass is 468 g/mol. The van der Waals surface area contributed by atoms with Crippen LogP contribution in [0.2, 0.25) is 5.02 Å². The Hall–Kier alpha value is -3.29. The highest BCUT2D eigenvalue weighted by atomic mass is 35.5. The number of halogens is 1. The summed E-state index contributed by atoms with van der Waals surface area (Å²) in [5.41, 5.74) is 1.79. The number of nitrogens with one attached hydrogen (secondary N) is 2. The summed E-state index contributed by atoms with van der Waals surface area (Å²) in [4.78, 5) is 37.7. The van der Waals surface area contributed by atoms with Gasteiger partial charge < -0.3 is 15.4 Å². The smallest absolute Gasteiger partial charge is 0.339 e. The first kappa shape index (κ1) is 23.4. The molecule has 0 fully saturated rings. The molecule has 0 bridgehead atoms. The number of amides is 2. The lowest BCUT2D eigenvalue weighted by molar-refractivity contribution is -0.115. The van der Waals surface area contributed by atoms with E-state index in [4.69, 9.17) is 16.3 Å². The van der Waals surface area contributed by atoms with Crippen LogP contribution in [0.15, 0.2) is 77.7 Å². The molecule has 1 atom stereocenters. The molecule has 0 aliphatic heterocycles. The zero-order valence-electron chi connectivity index (χ0n) is 17.4. The summed E-state index contributed by atoms with van der Waals surface area (Å²) in [7, 11) is 1.29. The van der Waals surface area contributed by atoms with E-state index in [1.165, 1.54) is 18.9 Å². The SMILES string of the molecule is COC(=O)c1ccccc1NC(=O)C(C)Sc1ccc(NC(=O)c2cccc(Cl)c2)cc1. The van der Waals surface area contributed by atoms with Gasteiger partial charge in [-0.15, -0.1) is 11.8 Å². The highest BCUT2D eigenvalue weighted by Crippen LogP contribution is 2.26. The van der Waals surface area contributed by atoms with Crippen LogP contribution in [0.4, 0.5) is 11.4 Å². The fourth-order valence-electron chi connectivity index (χ4n) is 2.82. The Morgan fingerprint density at radius 1 is 0.938 bits per heavy atom. The molecule has 0 spiro atoms. The Kier molecular flexibility index (Phi) is 7.92. The molecular formula is C24H21ClN2O4S. The molecule has 3 rings (SSSR count). The summed E-state index contributed by atoms with van der Waals surface area (Å²) in [6.45, 7) is 1.77. The number of hydrogen-bond donors (Lipinski definition) is 2. The number of carbonyl (C=O) groups is 3. The Balaban J connectivity index is 1.60. The predicted molar refractivity (Wildman–Crippen MR) is 128 cm³/mol. The van der Waals surface area contributed by atoms with E-state index in [1.54, 1.807) is 67.6 Å². The number of benzene rings is 3. The van der Waals surface area contributed by atoms with Crippen molar-refractivity contribution in [1.82, 2.24) is 0 Å². The first-order valence-electron chi connectivity index (χ1n) is 9.69. The molecular weight excluding hydrogens is 448 g/mol. The average Bonchev–Trinajstić information content (AvgIpc) is 2.80. The van der Waals surface area contributed by atoms with Crippen LogP contribution in [-0.2, 0) is 9.53 Å². The van der Waals surface area contributed by atoms with Crippen molar-refractivity contribution in [1.29, 1.82) is 0 Å². The van der Waals surface area contributed by atoms with E-state index in [9.17, 15) is 14.4 Å². The van der Waals surface area contributed by atoms with Crippen LogP contribution >= 0.6 is 23.4 Å². The Morgan fingerprint density at radius 2 is 1.66 bits per heavy atom. The zero-order valence-corrected chi connectivity index (χ0v) is 19.0. The molecule has 0 saturated carbocycles. The van der Waals surface area contributed by atoms with Gasteiger partial charge in [0.1, 0.15) is 0 Å². The maximum Gasteiger partial charge on any atom is 0.339 e. The highest BCUT2D eigenvalue weighted by molar-refractivity contribution is 8.00. The molecule has 0 radical (unpaired) electrons. The Morgan fingerprint density at radius 3 is 2.34 bits per heavy atom. The number of ether oxygens (including phenoxy) is 1. The van der Waals surface area contributed by atoms with E-state index >= 15 is 0 Å². The van der Waals surface area contributed by atoms with Crippen molar-refractivity contribution >= 4 is 52.5 Å². The maximum absolute atomic E-state index is 12.6. The topological polar surface area (TPSA) is 84.5 Å². The van der Waals surface area contributed by atoms with Crippen molar-refractivity contribution in [2.45, 2.75) is 17.1 Å². The van der Waals surface area contributed by atoms with Gasteiger partial charge in [0.25, 0.3) is 5.91 Å². The van der Waals surface area contributed by atoms with Crippen LogP contribution in [0, 0.1) is 0 Å². The molecule has 0 aromatic heterocycles. The predicted octanol–water partition coefficient (Wildman–Crippen LogP) is 5.50. The average molecular weight is 469 g/mol. The van der Waals surface area contributed by atoms with Gasteiger partial charge in [0.15, 0.2) is 0 Å². The van der Waals surface area contributed by atoms with Gasteiger partial charge in [0.2, 0.25) is 5.91 Å². The highest BCUT2D eigenvalue weighted by Gasteiger charge is 2.18. The van der Waals surface area contributed by atoms with Crippen LogP contribution in [0.25, 0.3) is 0 Å². The van der Waals surface area contributed by atoms with Crippen molar-refractivity contribution in [3.8, 4) is 0 Å². The molecule has 3 aromatic rings. The molecule has 0 heterocycles. The standard InChI is InChI=1S/C24H21ClN2O4S/c1-15(22(28)27-21-9-4-3-8-20(21)24(30)31-2)32-19-12-10-18(11-13-19)26-23(29)16-6-5-7-17(25)14-16/h3-15H,1-2H3,(H,26,29)(H,27,28). The lowest BCUT2D eigenvalue weighted by Crippen LogP contribution is -2.23. The van der Waals surface area contributed by atoms with Crippen LogP contribution in [-0.4, -0.2) is 30.1 Å². The summed E-state index contributed by atoms with van der Waals surface area (Å²) in [5, 5.41) is 5.66. The molecule has 6 nitrogen and oxygen atoms in total. The summed E-state index contributed by atoms with van der Waals surface area (Å²) in [6.07, 6.45) is 0. The molecule has 8 heteroatoms. The van der Waals surface area contributed by atoms with Gasteiger partial charge >= 0.3 is 5.97 Å². The van der Waals surface area contributed by atoms with Crippen molar-refractivity contribution in [3.63, 3.8) is 0 Å². The number of hydrogen-bond acceptors (Lipinski definition) is 5. The van der Waals surface area contributed by atoms with E-state index in [0.717, 1.165) is 4.90 Å².